The minimum atomic E-state index is -0.180. The van der Waals surface area contributed by atoms with Crippen LogP contribution >= 0.6 is 0 Å². The molecule has 0 radical (unpaired) electrons. The Balaban J connectivity index is 1.54. The molecule has 5 nitrogen and oxygen atoms in total. The van der Waals surface area contributed by atoms with Crippen LogP contribution in [0.5, 0.6) is 5.75 Å². The maximum atomic E-state index is 8.84. The summed E-state index contributed by atoms with van der Waals surface area (Å²) in [5.41, 5.74) is 4.71. The van der Waals surface area contributed by atoms with Crippen LogP contribution in [0.15, 0.2) is 83.6 Å². The first kappa shape index (κ1) is 22.3. The van der Waals surface area contributed by atoms with Crippen molar-refractivity contribution >= 4 is 0 Å². The fourth-order valence-corrected chi connectivity index (χ4v) is 3.93. The number of aromatic nitrogens is 2. The van der Waals surface area contributed by atoms with Crippen molar-refractivity contribution in [3.8, 4) is 23.3 Å². The Morgan fingerprint density at radius 2 is 1.67 bits per heavy atom. The standard InChI is InChI=1S/C28H27N3O2/c1-20(2)28(3,22-9-7-21(8-10-22)27-31-25(15-16-29)19-33-27)23-11-13-26(14-12-23)32-18-24-6-4-5-17-30-24/h4-14,17,19-20H,15,18H2,1-3H3. The van der Waals surface area contributed by atoms with E-state index in [-0.39, 0.29) is 11.8 Å². The second-order valence-electron chi connectivity index (χ2n) is 8.55. The van der Waals surface area contributed by atoms with Gasteiger partial charge in [0.05, 0.1) is 23.9 Å². The van der Waals surface area contributed by atoms with Gasteiger partial charge in [0.1, 0.15) is 18.6 Å². The summed E-state index contributed by atoms with van der Waals surface area (Å²) in [5.74, 6) is 1.72. The van der Waals surface area contributed by atoms with Crippen molar-refractivity contribution in [3.63, 3.8) is 0 Å². The van der Waals surface area contributed by atoms with E-state index >= 15 is 0 Å². The van der Waals surface area contributed by atoms with E-state index in [9.17, 15) is 0 Å². The normalized spacial score (nSPS) is 12.8. The van der Waals surface area contributed by atoms with E-state index < -0.39 is 0 Å². The summed E-state index contributed by atoms with van der Waals surface area (Å²) in [6, 6.07) is 24.6. The molecular formula is C28H27N3O2. The lowest BCUT2D eigenvalue weighted by Gasteiger charge is -2.35. The first-order valence-corrected chi connectivity index (χ1v) is 11.1. The third-order valence-electron chi connectivity index (χ3n) is 6.27. The summed E-state index contributed by atoms with van der Waals surface area (Å²) < 4.78 is 11.5. The molecule has 0 aliphatic heterocycles. The Morgan fingerprint density at radius 1 is 0.970 bits per heavy atom. The van der Waals surface area contributed by atoms with Crippen LogP contribution in [-0.4, -0.2) is 9.97 Å². The summed E-state index contributed by atoms with van der Waals surface area (Å²) >= 11 is 0. The predicted molar refractivity (Wildman–Crippen MR) is 128 cm³/mol. The van der Waals surface area contributed by atoms with Crippen LogP contribution in [0.4, 0.5) is 0 Å². The highest BCUT2D eigenvalue weighted by Crippen LogP contribution is 2.40. The van der Waals surface area contributed by atoms with Crippen LogP contribution in [0.25, 0.3) is 11.5 Å². The maximum absolute atomic E-state index is 8.84. The lowest BCUT2D eigenvalue weighted by molar-refractivity contribution is 0.301. The predicted octanol–water partition coefficient (Wildman–Crippen LogP) is 6.34. The van der Waals surface area contributed by atoms with Gasteiger partial charge in [-0.1, -0.05) is 51.1 Å². The minimum Gasteiger partial charge on any atom is -0.487 e. The molecule has 0 fully saturated rings. The lowest BCUT2D eigenvalue weighted by Crippen LogP contribution is -2.30. The zero-order valence-electron chi connectivity index (χ0n) is 19.2. The molecule has 0 spiro atoms. The molecule has 2 aromatic carbocycles. The number of nitrogens with zero attached hydrogens (tertiary/aromatic N) is 3. The maximum Gasteiger partial charge on any atom is 0.226 e. The number of oxazole rings is 1. The molecule has 0 saturated heterocycles. The van der Waals surface area contributed by atoms with Crippen LogP contribution in [0, 0.1) is 17.2 Å². The van der Waals surface area contributed by atoms with Gasteiger partial charge >= 0.3 is 0 Å². The molecule has 0 bridgehead atoms. The Morgan fingerprint density at radius 3 is 2.27 bits per heavy atom. The van der Waals surface area contributed by atoms with Gasteiger partial charge in [-0.2, -0.15) is 5.26 Å². The molecule has 5 heteroatoms. The first-order chi connectivity index (χ1) is 16.0. The van der Waals surface area contributed by atoms with Gasteiger partial charge in [-0.3, -0.25) is 4.98 Å². The zero-order valence-corrected chi connectivity index (χ0v) is 19.2. The van der Waals surface area contributed by atoms with Crippen molar-refractivity contribution < 1.29 is 9.15 Å². The Labute approximate surface area is 194 Å². The van der Waals surface area contributed by atoms with E-state index in [1.807, 2.05) is 42.5 Å². The topological polar surface area (TPSA) is 71.9 Å². The number of pyridine rings is 1. The first-order valence-electron chi connectivity index (χ1n) is 11.1. The quantitative estimate of drug-likeness (QED) is 0.321. The Kier molecular flexibility index (Phi) is 6.55. The largest absolute Gasteiger partial charge is 0.487 e. The lowest BCUT2D eigenvalue weighted by atomic mass is 9.68. The van der Waals surface area contributed by atoms with Crippen LogP contribution in [0.3, 0.4) is 0 Å². The van der Waals surface area contributed by atoms with E-state index in [0.29, 0.717) is 24.1 Å². The summed E-state index contributed by atoms with van der Waals surface area (Å²) in [4.78, 5) is 8.70. The van der Waals surface area contributed by atoms with Gasteiger partial charge < -0.3 is 9.15 Å². The van der Waals surface area contributed by atoms with E-state index in [1.165, 1.54) is 11.1 Å². The molecule has 166 valence electrons. The van der Waals surface area contributed by atoms with Gasteiger partial charge in [-0.25, -0.2) is 4.98 Å². The average molecular weight is 438 g/mol. The van der Waals surface area contributed by atoms with Gasteiger partial charge in [0.15, 0.2) is 0 Å². The number of hydrogen-bond acceptors (Lipinski definition) is 5. The number of benzene rings is 2. The summed E-state index contributed by atoms with van der Waals surface area (Å²) in [6.07, 6.45) is 3.56. The fraction of sp³-hybridized carbons (Fsp3) is 0.250. The van der Waals surface area contributed by atoms with Crippen LogP contribution < -0.4 is 4.74 Å². The molecule has 33 heavy (non-hydrogen) atoms. The van der Waals surface area contributed by atoms with Gasteiger partial charge in [0.25, 0.3) is 0 Å². The van der Waals surface area contributed by atoms with Gasteiger partial charge in [-0.15, -0.1) is 0 Å². The molecule has 0 aliphatic carbocycles. The zero-order chi connectivity index (χ0) is 23.3. The SMILES string of the molecule is CC(C)C(C)(c1ccc(OCc2ccccn2)cc1)c1ccc(-c2nc(CC#N)co2)cc1. The van der Waals surface area contributed by atoms with Crippen molar-refractivity contribution in [2.24, 2.45) is 5.92 Å². The smallest absolute Gasteiger partial charge is 0.226 e. The summed E-state index contributed by atoms with van der Waals surface area (Å²) in [6.45, 7) is 7.19. The van der Waals surface area contributed by atoms with Crippen molar-refractivity contribution in [3.05, 3.63) is 102 Å². The van der Waals surface area contributed by atoms with Gasteiger partial charge in [0, 0.05) is 17.2 Å². The summed E-state index contributed by atoms with van der Waals surface area (Å²) in [5, 5.41) is 8.84. The highest BCUT2D eigenvalue weighted by Gasteiger charge is 2.32. The van der Waals surface area contributed by atoms with Crippen LogP contribution in [0.1, 0.15) is 43.3 Å². The molecule has 2 heterocycles. The second kappa shape index (κ2) is 9.70. The van der Waals surface area contributed by atoms with Crippen LogP contribution in [0.2, 0.25) is 0 Å². The van der Waals surface area contributed by atoms with Gasteiger partial charge in [-0.05, 0) is 53.4 Å². The van der Waals surface area contributed by atoms with Crippen molar-refractivity contribution in [2.75, 3.05) is 0 Å². The van der Waals surface area contributed by atoms with Crippen molar-refractivity contribution in [1.82, 2.24) is 9.97 Å². The molecular weight excluding hydrogens is 410 g/mol. The second-order valence-corrected chi connectivity index (χ2v) is 8.55. The monoisotopic (exact) mass is 437 g/mol. The molecule has 1 atom stereocenters. The molecule has 2 aromatic heterocycles. The number of ether oxygens (including phenoxy) is 1. The number of hydrogen-bond donors (Lipinski definition) is 0. The van der Waals surface area contributed by atoms with E-state index in [0.717, 1.165) is 17.0 Å². The average Bonchev–Trinajstić information content (AvgIpc) is 3.32. The van der Waals surface area contributed by atoms with Crippen molar-refractivity contribution in [1.29, 1.82) is 5.26 Å². The third kappa shape index (κ3) is 4.80. The molecule has 4 aromatic rings. The Hall–Kier alpha value is -3.91. The van der Waals surface area contributed by atoms with Crippen LogP contribution in [-0.2, 0) is 18.4 Å². The fourth-order valence-electron chi connectivity index (χ4n) is 3.93. The van der Waals surface area contributed by atoms with Crippen molar-refractivity contribution in [2.45, 2.75) is 39.2 Å². The molecule has 0 aliphatic rings. The summed E-state index contributed by atoms with van der Waals surface area (Å²) in [7, 11) is 0. The molecule has 4 rings (SSSR count). The van der Waals surface area contributed by atoms with E-state index in [1.54, 1.807) is 12.5 Å². The molecule has 0 N–H and O–H groups in total. The van der Waals surface area contributed by atoms with E-state index in [2.05, 4.69) is 61.1 Å². The highest BCUT2D eigenvalue weighted by molar-refractivity contribution is 5.55. The highest BCUT2D eigenvalue weighted by atomic mass is 16.5. The number of rotatable bonds is 8. The number of nitriles is 1. The van der Waals surface area contributed by atoms with Gasteiger partial charge in [0.2, 0.25) is 5.89 Å². The third-order valence-corrected chi connectivity index (χ3v) is 6.27. The minimum absolute atomic E-state index is 0.180. The van der Waals surface area contributed by atoms with E-state index in [4.69, 9.17) is 14.4 Å². The molecule has 1 unspecified atom stereocenters. The Bertz CT molecular complexity index is 1220. The molecule has 0 amide bonds. The molecule has 0 saturated carbocycles.